The Bertz CT molecular complexity index is 679. The number of hydrogen-bond acceptors (Lipinski definition) is 3. The molecule has 1 saturated heterocycles. The number of likely N-dealkylation sites (tertiary alicyclic amines) is 1. The molecule has 2 aromatic heterocycles. The first-order chi connectivity index (χ1) is 11.2. The van der Waals surface area contributed by atoms with E-state index in [0.29, 0.717) is 5.92 Å². The topological polar surface area (TPSA) is 51.0 Å². The highest BCUT2D eigenvalue weighted by atomic mass is 16.2. The van der Waals surface area contributed by atoms with Crippen LogP contribution in [0.5, 0.6) is 0 Å². The summed E-state index contributed by atoms with van der Waals surface area (Å²) in [5.41, 5.74) is 3.34. The molecule has 122 valence electrons. The van der Waals surface area contributed by atoms with E-state index in [0.717, 1.165) is 50.3 Å². The van der Waals surface area contributed by atoms with E-state index in [1.807, 2.05) is 28.0 Å². The lowest BCUT2D eigenvalue weighted by molar-refractivity contribution is -0.127. The number of carbonyl (C=O) groups excluding carboxylic acids is 1. The van der Waals surface area contributed by atoms with Crippen molar-refractivity contribution in [1.82, 2.24) is 19.7 Å². The first kappa shape index (κ1) is 15.7. The summed E-state index contributed by atoms with van der Waals surface area (Å²) in [5, 5.41) is 4.38. The Balaban J connectivity index is 1.73. The van der Waals surface area contributed by atoms with Crippen molar-refractivity contribution in [2.24, 2.45) is 5.92 Å². The second-order valence-corrected chi connectivity index (χ2v) is 6.31. The lowest BCUT2D eigenvalue weighted by atomic mass is 9.98. The number of aromatic nitrogens is 3. The molecule has 0 saturated carbocycles. The van der Waals surface area contributed by atoms with Gasteiger partial charge in [-0.2, -0.15) is 5.10 Å². The monoisotopic (exact) mass is 312 g/mol. The van der Waals surface area contributed by atoms with Gasteiger partial charge in [0.05, 0.1) is 11.4 Å². The maximum atomic E-state index is 11.5. The van der Waals surface area contributed by atoms with Crippen LogP contribution in [-0.4, -0.2) is 38.7 Å². The number of aryl methyl sites for hydroxylation is 1. The Morgan fingerprint density at radius 3 is 2.96 bits per heavy atom. The molecule has 5 heteroatoms. The van der Waals surface area contributed by atoms with E-state index in [1.54, 1.807) is 6.92 Å². The summed E-state index contributed by atoms with van der Waals surface area (Å²) in [4.78, 5) is 17.9. The van der Waals surface area contributed by atoms with E-state index in [9.17, 15) is 4.79 Å². The van der Waals surface area contributed by atoms with Gasteiger partial charge in [0.2, 0.25) is 5.91 Å². The number of nitrogens with zero attached hydrogens (tertiary/aromatic N) is 4. The molecule has 0 unspecified atom stereocenters. The minimum absolute atomic E-state index is 0.186. The second-order valence-electron chi connectivity index (χ2n) is 6.31. The van der Waals surface area contributed by atoms with Crippen molar-refractivity contribution in [2.45, 2.75) is 39.7 Å². The molecule has 1 atom stereocenters. The Morgan fingerprint density at radius 2 is 2.22 bits per heavy atom. The van der Waals surface area contributed by atoms with Gasteiger partial charge >= 0.3 is 0 Å². The molecule has 0 radical (unpaired) electrons. The fraction of sp³-hybridized carbons (Fsp3) is 0.500. The largest absolute Gasteiger partial charge is 0.343 e. The van der Waals surface area contributed by atoms with Crippen LogP contribution in [0.25, 0.3) is 11.4 Å². The average molecular weight is 312 g/mol. The molecule has 2 aromatic rings. The van der Waals surface area contributed by atoms with Crippen molar-refractivity contribution in [3.8, 4) is 11.4 Å². The van der Waals surface area contributed by atoms with Crippen LogP contribution >= 0.6 is 0 Å². The Morgan fingerprint density at radius 1 is 1.35 bits per heavy atom. The quantitative estimate of drug-likeness (QED) is 0.853. The van der Waals surface area contributed by atoms with Crippen molar-refractivity contribution >= 4 is 5.91 Å². The minimum Gasteiger partial charge on any atom is -0.343 e. The second kappa shape index (κ2) is 6.94. The van der Waals surface area contributed by atoms with Crippen molar-refractivity contribution in [3.05, 3.63) is 36.2 Å². The smallest absolute Gasteiger partial charge is 0.219 e. The summed E-state index contributed by atoms with van der Waals surface area (Å²) in [5.74, 6) is 0.737. The van der Waals surface area contributed by atoms with Gasteiger partial charge in [0.15, 0.2) is 0 Å². The zero-order chi connectivity index (χ0) is 16.2. The van der Waals surface area contributed by atoms with Crippen LogP contribution in [0, 0.1) is 5.92 Å². The number of pyridine rings is 1. The normalized spacial score (nSPS) is 17.7. The van der Waals surface area contributed by atoms with E-state index in [-0.39, 0.29) is 5.91 Å². The number of rotatable bonds is 5. The molecular weight excluding hydrogens is 288 g/mol. The van der Waals surface area contributed by atoms with Crippen LogP contribution in [-0.2, 0) is 17.8 Å². The molecule has 3 heterocycles. The lowest BCUT2D eigenvalue weighted by Crippen LogP contribution is -2.26. The third kappa shape index (κ3) is 3.60. The van der Waals surface area contributed by atoms with Crippen molar-refractivity contribution in [3.63, 3.8) is 0 Å². The molecule has 0 bridgehead atoms. The van der Waals surface area contributed by atoms with Crippen molar-refractivity contribution in [1.29, 1.82) is 0 Å². The maximum Gasteiger partial charge on any atom is 0.219 e. The highest BCUT2D eigenvalue weighted by Crippen LogP contribution is 2.23. The standard InChI is InChI=1S/C18H24N4O/c1-3-9-22-18(5-8-20-22)17-12-15(4-7-19-17)11-16-6-10-21(13-16)14(2)23/h4-5,7-8,12,16H,3,6,9-11,13H2,1-2H3/t16-/m0/s1. The highest BCUT2D eigenvalue weighted by Gasteiger charge is 2.24. The van der Waals surface area contributed by atoms with Crippen LogP contribution in [0.15, 0.2) is 30.6 Å². The van der Waals surface area contributed by atoms with Gasteiger partial charge < -0.3 is 4.90 Å². The molecule has 0 N–H and O–H groups in total. The van der Waals surface area contributed by atoms with E-state index in [1.165, 1.54) is 5.56 Å². The Hall–Kier alpha value is -2.17. The van der Waals surface area contributed by atoms with Gasteiger partial charge in [-0.25, -0.2) is 0 Å². The van der Waals surface area contributed by atoms with E-state index in [4.69, 9.17) is 0 Å². The fourth-order valence-corrected chi connectivity index (χ4v) is 3.30. The van der Waals surface area contributed by atoms with Crippen LogP contribution in [0.1, 0.15) is 32.3 Å². The van der Waals surface area contributed by atoms with Gasteiger partial charge in [0.1, 0.15) is 0 Å². The molecule has 0 spiro atoms. The molecule has 1 aliphatic rings. The van der Waals surface area contributed by atoms with Crippen LogP contribution in [0.2, 0.25) is 0 Å². The first-order valence-electron chi connectivity index (χ1n) is 8.40. The maximum absolute atomic E-state index is 11.5. The lowest BCUT2D eigenvalue weighted by Gasteiger charge is -2.14. The molecule has 5 nitrogen and oxygen atoms in total. The molecule has 23 heavy (non-hydrogen) atoms. The van der Waals surface area contributed by atoms with E-state index < -0.39 is 0 Å². The third-order valence-corrected chi connectivity index (χ3v) is 4.49. The zero-order valence-electron chi connectivity index (χ0n) is 13.9. The molecule has 3 rings (SSSR count). The van der Waals surface area contributed by atoms with Crippen LogP contribution in [0.4, 0.5) is 0 Å². The van der Waals surface area contributed by atoms with Crippen molar-refractivity contribution < 1.29 is 4.79 Å². The number of hydrogen-bond donors (Lipinski definition) is 0. The number of amides is 1. The molecule has 1 fully saturated rings. The van der Waals surface area contributed by atoms with E-state index in [2.05, 4.69) is 29.1 Å². The molecular formula is C18H24N4O. The van der Waals surface area contributed by atoms with Gasteiger partial charge in [-0.05, 0) is 48.9 Å². The summed E-state index contributed by atoms with van der Waals surface area (Å²) >= 11 is 0. The van der Waals surface area contributed by atoms with Gasteiger partial charge in [0, 0.05) is 39.0 Å². The Kier molecular flexibility index (Phi) is 4.74. The zero-order valence-corrected chi connectivity index (χ0v) is 13.9. The summed E-state index contributed by atoms with van der Waals surface area (Å²) in [6.07, 6.45) is 6.86. The predicted octanol–water partition coefficient (Wildman–Crippen LogP) is 2.77. The average Bonchev–Trinajstić information content (AvgIpc) is 3.17. The van der Waals surface area contributed by atoms with Gasteiger partial charge in [-0.1, -0.05) is 6.92 Å². The Labute approximate surface area is 137 Å². The molecule has 0 aromatic carbocycles. The summed E-state index contributed by atoms with van der Waals surface area (Å²) in [6, 6.07) is 6.27. The highest BCUT2D eigenvalue weighted by molar-refractivity contribution is 5.73. The summed E-state index contributed by atoms with van der Waals surface area (Å²) < 4.78 is 2.01. The van der Waals surface area contributed by atoms with Gasteiger partial charge in [0.25, 0.3) is 0 Å². The molecule has 1 aliphatic heterocycles. The van der Waals surface area contributed by atoms with Gasteiger partial charge in [-0.15, -0.1) is 0 Å². The first-order valence-corrected chi connectivity index (χ1v) is 8.40. The van der Waals surface area contributed by atoms with Gasteiger partial charge in [-0.3, -0.25) is 14.5 Å². The predicted molar refractivity (Wildman–Crippen MR) is 89.8 cm³/mol. The van der Waals surface area contributed by atoms with Crippen molar-refractivity contribution in [2.75, 3.05) is 13.1 Å². The molecule has 1 amide bonds. The third-order valence-electron chi connectivity index (χ3n) is 4.49. The molecule has 0 aliphatic carbocycles. The van der Waals surface area contributed by atoms with Crippen LogP contribution in [0.3, 0.4) is 0 Å². The minimum atomic E-state index is 0.186. The number of carbonyl (C=O) groups is 1. The summed E-state index contributed by atoms with van der Waals surface area (Å²) in [7, 11) is 0. The fourth-order valence-electron chi connectivity index (χ4n) is 3.30. The SMILES string of the molecule is CCCn1nccc1-c1cc(C[C@@H]2CCN(C(C)=O)C2)ccn1. The summed E-state index contributed by atoms with van der Waals surface area (Å²) in [6.45, 7) is 6.48. The van der Waals surface area contributed by atoms with E-state index >= 15 is 0 Å². The van der Waals surface area contributed by atoms with Crippen LogP contribution < -0.4 is 0 Å².